The van der Waals surface area contributed by atoms with Gasteiger partial charge >= 0.3 is 0 Å². The molecule has 2 amide bonds. The number of carbonyl (C=O) groups is 2. The number of carbonyl (C=O) groups excluding carboxylic acids is 2. The summed E-state index contributed by atoms with van der Waals surface area (Å²) in [5, 5.41) is 13.6. The Morgan fingerprint density at radius 2 is 2.12 bits per heavy atom. The zero-order valence-electron chi connectivity index (χ0n) is 13.1. The van der Waals surface area contributed by atoms with Gasteiger partial charge in [-0.2, -0.15) is 5.26 Å². The van der Waals surface area contributed by atoms with E-state index < -0.39 is 6.04 Å². The Morgan fingerprint density at radius 3 is 2.88 bits per heavy atom. The predicted octanol–water partition coefficient (Wildman–Crippen LogP) is 3.25. The molecule has 0 radical (unpaired) electrons. The van der Waals surface area contributed by atoms with Gasteiger partial charge in [0.2, 0.25) is 5.91 Å². The van der Waals surface area contributed by atoms with Crippen LogP contribution in [0.2, 0.25) is 0 Å². The zero-order valence-corrected chi connectivity index (χ0v) is 13.9. The number of piperidine rings is 1. The Labute approximate surface area is 144 Å². The largest absolute Gasteiger partial charge is 0.326 e. The smallest absolute Gasteiger partial charge is 0.264 e. The molecule has 1 atom stereocenters. The molecule has 0 saturated carbocycles. The molecule has 1 aliphatic rings. The minimum Gasteiger partial charge on any atom is -0.326 e. The van der Waals surface area contributed by atoms with Gasteiger partial charge in [0.05, 0.1) is 16.5 Å². The van der Waals surface area contributed by atoms with Crippen molar-refractivity contribution in [3.8, 4) is 6.07 Å². The number of nitrogens with one attached hydrogen (secondary N) is 1. The third kappa shape index (κ3) is 3.47. The zero-order chi connectivity index (χ0) is 16.9. The van der Waals surface area contributed by atoms with Crippen LogP contribution >= 0.6 is 11.3 Å². The van der Waals surface area contributed by atoms with Gasteiger partial charge in [0.15, 0.2) is 0 Å². The van der Waals surface area contributed by atoms with Crippen LogP contribution in [0.15, 0.2) is 41.8 Å². The molecular formula is C18H17N3O2S. The third-order valence-corrected chi connectivity index (χ3v) is 4.92. The van der Waals surface area contributed by atoms with Crippen LogP contribution in [0.4, 0.5) is 5.69 Å². The molecule has 3 rings (SSSR count). The first kappa shape index (κ1) is 16.2. The fraction of sp³-hybridized carbons (Fsp3) is 0.278. The highest BCUT2D eigenvalue weighted by Gasteiger charge is 2.33. The van der Waals surface area contributed by atoms with Crippen molar-refractivity contribution in [3.63, 3.8) is 0 Å². The molecule has 1 aromatic carbocycles. The Bertz CT molecular complexity index is 780. The number of nitriles is 1. The van der Waals surface area contributed by atoms with E-state index in [0.717, 1.165) is 12.8 Å². The monoisotopic (exact) mass is 339 g/mol. The highest BCUT2D eigenvalue weighted by Crippen LogP contribution is 2.23. The highest BCUT2D eigenvalue weighted by molar-refractivity contribution is 7.12. The van der Waals surface area contributed by atoms with E-state index in [9.17, 15) is 9.59 Å². The first-order valence-electron chi connectivity index (χ1n) is 7.84. The van der Waals surface area contributed by atoms with Crippen molar-refractivity contribution in [2.75, 3.05) is 11.9 Å². The molecule has 2 aromatic rings. The summed E-state index contributed by atoms with van der Waals surface area (Å²) in [6.07, 6.45) is 2.48. The maximum absolute atomic E-state index is 12.7. The Balaban J connectivity index is 1.76. The van der Waals surface area contributed by atoms with Gasteiger partial charge in [-0.25, -0.2) is 0 Å². The van der Waals surface area contributed by atoms with Crippen LogP contribution in [0.1, 0.15) is 34.5 Å². The van der Waals surface area contributed by atoms with Gasteiger partial charge in [0.25, 0.3) is 5.91 Å². The number of benzene rings is 1. The average Bonchev–Trinajstić information content (AvgIpc) is 3.16. The van der Waals surface area contributed by atoms with Crippen molar-refractivity contribution in [2.24, 2.45) is 0 Å². The van der Waals surface area contributed by atoms with Crippen LogP contribution in [0, 0.1) is 11.3 Å². The second-order valence-electron chi connectivity index (χ2n) is 5.67. The topological polar surface area (TPSA) is 73.2 Å². The second kappa shape index (κ2) is 7.28. The molecule has 1 aliphatic heterocycles. The Hall–Kier alpha value is -2.65. The summed E-state index contributed by atoms with van der Waals surface area (Å²) in [7, 11) is 0. The number of rotatable bonds is 3. The summed E-state index contributed by atoms with van der Waals surface area (Å²) >= 11 is 1.39. The molecule has 1 aromatic heterocycles. The van der Waals surface area contributed by atoms with Gasteiger partial charge in [-0.3, -0.25) is 9.59 Å². The lowest BCUT2D eigenvalue weighted by molar-refractivity contribution is -0.121. The van der Waals surface area contributed by atoms with Crippen LogP contribution in [-0.2, 0) is 4.79 Å². The standard InChI is InChI=1S/C18H17N3O2S/c19-12-13-5-3-6-14(11-13)20-17(22)15-7-1-2-9-21(15)18(23)16-8-4-10-24-16/h3-6,8,10-11,15H,1-2,7,9H2,(H,20,22). The van der Waals surface area contributed by atoms with Crippen LogP contribution in [0.25, 0.3) is 0 Å². The fourth-order valence-corrected chi connectivity index (χ4v) is 3.56. The van der Waals surface area contributed by atoms with Gasteiger partial charge in [-0.05, 0) is 48.9 Å². The molecule has 2 heterocycles. The molecule has 1 fully saturated rings. The molecule has 0 aliphatic carbocycles. The molecule has 0 bridgehead atoms. The van der Waals surface area contributed by atoms with Crippen LogP contribution in [-0.4, -0.2) is 29.3 Å². The highest BCUT2D eigenvalue weighted by atomic mass is 32.1. The second-order valence-corrected chi connectivity index (χ2v) is 6.62. The van der Waals surface area contributed by atoms with Crippen LogP contribution in [0.5, 0.6) is 0 Å². The average molecular weight is 339 g/mol. The van der Waals surface area contributed by atoms with Crippen molar-refractivity contribution >= 4 is 28.8 Å². The van der Waals surface area contributed by atoms with Crippen molar-refractivity contribution in [3.05, 3.63) is 52.2 Å². The summed E-state index contributed by atoms with van der Waals surface area (Å²) in [6.45, 7) is 0.590. The van der Waals surface area contributed by atoms with Gasteiger partial charge < -0.3 is 10.2 Å². The van der Waals surface area contributed by atoms with Crippen molar-refractivity contribution in [2.45, 2.75) is 25.3 Å². The number of amides is 2. The minimum atomic E-state index is -0.473. The molecule has 1 N–H and O–H groups in total. The maximum Gasteiger partial charge on any atom is 0.264 e. The van der Waals surface area contributed by atoms with E-state index in [1.54, 1.807) is 35.2 Å². The van der Waals surface area contributed by atoms with Gasteiger partial charge in [-0.1, -0.05) is 12.1 Å². The summed E-state index contributed by atoms with van der Waals surface area (Å²) in [5.74, 6) is -0.287. The molecule has 0 spiro atoms. The first-order chi connectivity index (χ1) is 11.7. The van der Waals surface area contributed by atoms with E-state index in [2.05, 4.69) is 11.4 Å². The summed E-state index contributed by atoms with van der Waals surface area (Å²) < 4.78 is 0. The first-order valence-corrected chi connectivity index (χ1v) is 8.72. The third-order valence-electron chi connectivity index (χ3n) is 4.06. The molecule has 24 heavy (non-hydrogen) atoms. The Kier molecular flexibility index (Phi) is 4.92. The quantitative estimate of drug-likeness (QED) is 0.933. The number of hydrogen-bond acceptors (Lipinski definition) is 4. The van der Waals surface area contributed by atoms with Crippen molar-refractivity contribution < 1.29 is 9.59 Å². The van der Waals surface area contributed by atoms with Gasteiger partial charge in [-0.15, -0.1) is 11.3 Å². The summed E-state index contributed by atoms with van der Waals surface area (Å²) in [6, 6.07) is 12.0. The number of nitrogens with zero attached hydrogens (tertiary/aromatic N) is 2. The van der Waals surface area contributed by atoms with Gasteiger partial charge in [0.1, 0.15) is 6.04 Å². The van der Waals surface area contributed by atoms with Crippen molar-refractivity contribution in [1.29, 1.82) is 5.26 Å². The number of anilines is 1. The SMILES string of the molecule is N#Cc1cccc(NC(=O)C2CCCCN2C(=O)c2cccs2)c1. The molecule has 1 unspecified atom stereocenters. The molecule has 122 valence electrons. The number of likely N-dealkylation sites (tertiary alicyclic amines) is 1. The predicted molar refractivity (Wildman–Crippen MR) is 92.8 cm³/mol. The minimum absolute atomic E-state index is 0.0874. The number of hydrogen-bond donors (Lipinski definition) is 1. The molecule has 5 nitrogen and oxygen atoms in total. The lowest BCUT2D eigenvalue weighted by atomic mass is 10.0. The summed E-state index contributed by atoms with van der Waals surface area (Å²) in [4.78, 5) is 27.6. The van der Waals surface area contributed by atoms with E-state index in [4.69, 9.17) is 5.26 Å². The van der Waals surface area contributed by atoms with E-state index in [1.807, 2.05) is 11.4 Å². The normalized spacial score (nSPS) is 17.1. The lowest BCUT2D eigenvalue weighted by Crippen LogP contribution is -2.49. The molecule has 6 heteroatoms. The maximum atomic E-state index is 12.7. The Morgan fingerprint density at radius 1 is 1.25 bits per heavy atom. The fourth-order valence-electron chi connectivity index (χ4n) is 2.88. The van der Waals surface area contributed by atoms with Crippen molar-refractivity contribution in [1.82, 2.24) is 4.90 Å². The lowest BCUT2D eigenvalue weighted by Gasteiger charge is -2.34. The number of thiophene rings is 1. The van der Waals surface area contributed by atoms with E-state index >= 15 is 0 Å². The van der Waals surface area contributed by atoms with Gasteiger partial charge in [0, 0.05) is 12.2 Å². The van der Waals surface area contributed by atoms with E-state index in [1.165, 1.54) is 11.3 Å². The van der Waals surface area contributed by atoms with Crippen LogP contribution < -0.4 is 5.32 Å². The van der Waals surface area contributed by atoms with E-state index in [0.29, 0.717) is 29.1 Å². The molecule has 1 saturated heterocycles. The molecular weight excluding hydrogens is 322 g/mol. The summed E-state index contributed by atoms with van der Waals surface area (Å²) in [5.41, 5.74) is 1.07. The van der Waals surface area contributed by atoms with E-state index in [-0.39, 0.29) is 11.8 Å². The van der Waals surface area contributed by atoms with Crippen LogP contribution in [0.3, 0.4) is 0 Å².